The molecule has 3 rings (SSSR count). The van der Waals surface area contributed by atoms with Crippen LogP contribution >= 0.6 is 23.1 Å². The molecule has 0 radical (unpaired) electrons. The molecule has 2 aliphatic heterocycles. The quantitative estimate of drug-likeness (QED) is 0.0675. The second-order valence-electron chi connectivity index (χ2n) is 8.72. The molecule has 2 atom stereocenters. The van der Waals surface area contributed by atoms with Crippen LogP contribution in [0.1, 0.15) is 26.5 Å². The van der Waals surface area contributed by atoms with Crippen molar-refractivity contribution < 1.29 is 38.7 Å². The number of hydrogen-bond acceptors (Lipinski definition) is 11. The van der Waals surface area contributed by atoms with E-state index in [4.69, 9.17) is 9.57 Å². The van der Waals surface area contributed by atoms with E-state index < -0.39 is 40.8 Å². The van der Waals surface area contributed by atoms with Gasteiger partial charge in [0.1, 0.15) is 35.0 Å². The number of ether oxygens (including phenoxy) is 1. The Morgan fingerprint density at radius 2 is 2.11 bits per heavy atom. The maximum absolute atomic E-state index is 13.1. The molecule has 38 heavy (non-hydrogen) atoms. The van der Waals surface area contributed by atoms with E-state index in [9.17, 15) is 29.1 Å². The van der Waals surface area contributed by atoms with E-state index in [1.807, 2.05) is 0 Å². The highest BCUT2D eigenvalue weighted by atomic mass is 32.2. The van der Waals surface area contributed by atoms with Gasteiger partial charge in [-0.15, -0.1) is 23.1 Å². The summed E-state index contributed by atoms with van der Waals surface area (Å²) in [5.41, 5.74) is -0.656. The van der Waals surface area contributed by atoms with Crippen molar-refractivity contribution in [2.24, 2.45) is 5.16 Å². The summed E-state index contributed by atoms with van der Waals surface area (Å²) in [6.45, 7) is 8.58. The number of carboxylic acid groups (broad SMARTS) is 1. The van der Waals surface area contributed by atoms with Gasteiger partial charge in [0.05, 0.1) is 0 Å². The number of rotatable bonds is 11. The first kappa shape index (κ1) is 28.6. The molecular formula is C23H25N5O8S2. The van der Waals surface area contributed by atoms with E-state index in [-0.39, 0.29) is 28.8 Å². The normalized spacial score (nSPS) is 19.4. The number of anilines is 1. The van der Waals surface area contributed by atoms with Crippen LogP contribution < -0.4 is 10.6 Å². The van der Waals surface area contributed by atoms with Gasteiger partial charge in [0.25, 0.3) is 11.8 Å². The Bertz CT molecular complexity index is 1250. The highest BCUT2D eigenvalue weighted by Gasteiger charge is 2.54. The van der Waals surface area contributed by atoms with Gasteiger partial charge in [-0.25, -0.2) is 14.6 Å². The van der Waals surface area contributed by atoms with Crippen molar-refractivity contribution >= 4 is 64.1 Å². The van der Waals surface area contributed by atoms with Gasteiger partial charge in [0.2, 0.25) is 6.41 Å². The summed E-state index contributed by atoms with van der Waals surface area (Å²) in [5, 5.41) is 19.3. The van der Waals surface area contributed by atoms with Gasteiger partial charge in [0.15, 0.2) is 10.8 Å². The number of thiazole rings is 1. The number of carbonyl (C=O) groups excluding carboxylic acids is 4. The number of oxime groups is 1. The number of allylic oxidation sites excluding steroid dienone is 1. The van der Waals surface area contributed by atoms with Gasteiger partial charge in [-0.2, -0.15) is 0 Å². The highest BCUT2D eigenvalue weighted by molar-refractivity contribution is 8.00. The monoisotopic (exact) mass is 563 g/mol. The fourth-order valence-electron chi connectivity index (χ4n) is 3.34. The van der Waals surface area contributed by atoms with Gasteiger partial charge in [-0.3, -0.25) is 19.3 Å². The fourth-order valence-corrected chi connectivity index (χ4v) is 5.33. The van der Waals surface area contributed by atoms with Gasteiger partial charge >= 0.3 is 11.9 Å². The molecule has 1 aromatic rings. The number of amides is 3. The average Bonchev–Trinajstić information content (AvgIpc) is 3.30. The SMILES string of the molecule is C=CC1=C(C(=O)O)N2C(=O)C(NC(=O)C(=NOCC=CC(=O)OC(C)(C)C)c3csc(NC=O)n3)[C@@H]2SC1. The van der Waals surface area contributed by atoms with E-state index in [1.165, 1.54) is 29.3 Å². The predicted octanol–water partition coefficient (Wildman–Crippen LogP) is 1.25. The minimum Gasteiger partial charge on any atom is -0.477 e. The largest absolute Gasteiger partial charge is 0.477 e. The Morgan fingerprint density at radius 1 is 1.37 bits per heavy atom. The number of aromatic nitrogens is 1. The van der Waals surface area contributed by atoms with Crippen LogP contribution in [0.25, 0.3) is 0 Å². The lowest BCUT2D eigenvalue weighted by atomic mass is 10.0. The number of esters is 1. The molecule has 3 amide bonds. The maximum Gasteiger partial charge on any atom is 0.352 e. The zero-order valence-electron chi connectivity index (χ0n) is 20.6. The third-order valence-electron chi connectivity index (χ3n) is 4.86. The minimum absolute atomic E-state index is 0.0629. The first-order valence-corrected chi connectivity index (χ1v) is 13.0. The van der Waals surface area contributed by atoms with Gasteiger partial charge < -0.3 is 25.3 Å². The number of nitrogens with one attached hydrogen (secondary N) is 2. The Balaban J connectivity index is 1.74. The predicted molar refractivity (Wildman–Crippen MR) is 139 cm³/mol. The van der Waals surface area contributed by atoms with Crippen LogP contribution in [0.15, 0.2) is 46.6 Å². The Hall–Kier alpha value is -3.98. The second kappa shape index (κ2) is 12.0. The summed E-state index contributed by atoms with van der Waals surface area (Å²) in [6.07, 6.45) is 4.31. The van der Waals surface area contributed by atoms with Crippen molar-refractivity contribution in [3.63, 3.8) is 0 Å². The average molecular weight is 564 g/mol. The molecular weight excluding hydrogens is 538 g/mol. The number of aliphatic carboxylic acids is 1. The van der Waals surface area contributed by atoms with Crippen molar-refractivity contribution in [3.8, 4) is 0 Å². The molecule has 2 aliphatic rings. The van der Waals surface area contributed by atoms with Crippen LogP contribution in [0, 0.1) is 0 Å². The van der Waals surface area contributed by atoms with E-state index in [0.29, 0.717) is 17.7 Å². The van der Waals surface area contributed by atoms with Crippen LogP contribution in [0.3, 0.4) is 0 Å². The maximum atomic E-state index is 13.1. The molecule has 1 aromatic heterocycles. The minimum atomic E-state index is -1.27. The topological polar surface area (TPSA) is 177 Å². The summed E-state index contributed by atoms with van der Waals surface area (Å²) >= 11 is 2.31. The van der Waals surface area contributed by atoms with Crippen LogP contribution in [0.2, 0.25) is 0 Å². The first-order chi connectivity index (χ1) is 18.0. The van der Waals surface area contributed by atoms with Gasteiger partial charge in [-0.05, 0) is 32.4 Å². The molecule has 202 valence electrons. The fraction of sp³-hybridized carbons (Fsp3) is 0.348. The molecule has 1 saturated heterocycles. The highest BCUT2D eigenvalue weighted by Crippen LogP contribution is 2.40. The van der Waals surface area contributed by atoms with Crippen molar-refractivity contribution in [1.29, 1.82) is 0 Å². The van der Waals surface area contributed by atoms with Crippen molar-refractivity contribution in [3.05, 3.63) is 47.2 Å². The molecule has 0 bridgehead atoms. The summed E-state index contributed by atoms with van der Waals surface area (Å²) in [6, 6.07) is -1.02. The zero-order valence-corrected chi connectivity index (χ0v) is 22.3. The summed E-state index contributed by atoms with van der Waals surface area (Å²) in [7, 11) is 0. The van der Waals surface area contributed by atoms with Crippen molar-refractivity contribution in [2.45, 2.75) is 37.8 Å². The van der Waals surface area contributed by atoms with Crippen molar-refractivity contribution in [2.75, 3.05) is 17.7 Å². The number of thioether (sulfide) groups is 1. The molecule has 13 nitrogen and oxygen atoms in total. The second-order valence-corrected chi connectivity index (χ2v) is 10.7. The van der Waals surface area contributed by atoms with Crippen LogP contribution in [-0.4, -0.2) is 80.2 Å². The standard InChI is InChI=1S/C23H25N5O8S2/c1-5-12-9-37-20-16(19(32)28(20)17(12)21(33)34)26-18(31)15(13-10-38-22(25-13)24-11-29)27-35-8-6-7-14(30)36-23(2,3)4/h5-7,10-11,16,20H,1,8-9H2,2-4H3,(H,26,31)(H,33,34)(H,24,25,29)/t16?,20-/m0/s1. The Labute approximate surface area is 225 Å². The Kier molecular flexibility index (Phi) is 9.06. The van der Waals surface area contributed by atoms with E-state index in [0.717, 1.165) is 22.3 Å². The molecule has 15 heteroatoms. The zero-order chi connectivity index (χ0) is 28.0. The third kappa shape index (κ3) is 6.66. The summed E-state index contributed by atoms with van der Waals surface area (Å²) in [4.78, 5) is 70.6. The smallest absolute Gasteiger partial charge is 0.352 e. The van der Waals surface area contributed by atoms with Gasteiger partial charge in [-0.1, -0.05) is 17.8 Å². The van der Waals surface area contributed by atoms with Crippen molar-refractivity contribution in [1.82, 2.24) is 15.2 Å². The summed E-state index contributed by atoms with van der Waals surface area (Å²) < 4.78 is 5.14. The van der Waals surface area contributed by atoms with E-state index >= 15 is 0 Å². The number of nitrogens with zero attached hydrogens (tertiary/aromatic N) is 3. The number of hydrogen-bond donors (Lipinski definition) is 3. The number of β-lactam (4-membered cyclic amide) rings is 1. The lowest BCUT2D eigenvalue weighted by molar-refractivity contribution is -0.150. The molecule has 1 fully saturated rings. The third-order valence-corrected chi connectivity index (χ3v) is 6.94. The van der Waals surface area contributed by atoms with Crippen LogP contribution in [0.5, 0.6) is 0 Å². The number of carboxylic acids is 1. The number of carbonyl (C=O) groups is 5. The molecule has 3 N–H and O–H groups in total. The summed E-state index contributed by atoms with van der Waals surface area (Å²) in [5.74, 6) is -2.96. The molecule has 1 unspecified atom stereocenters. The lowest BCUT2D eigenvalue weighted by Crippen LogP contribution is -2.71. The van der Waals surface area contributed by atoms with Gasteiger partial charge in [0, 0.05) is 17.2 Å². The lowest BCUT2D eigenvalue weighted by Gasteiger charge is -2.49. The van der Waals surface area contributed by atoms with E-state index in [2.05, 4.69) is 27.4 Å². The molecule has 0 aliphatic carbocycles. The number of fused-ring (bicyclic) bond motifs is 1. The molecule has 0 spiro atoms. The van der Waals surface area contributed by atoms with Crippen LogP contribution in [-0.2, 0) is 33.5 Å². The Morgan fingerprint density at radius 3 is 2.74 bits per heavy atom. The molecule has 0 saturated carbocycles. The van der Waals surface area contributed by atoms with Crippen LogP contribution in [0.4, 0.5) is 5.13 Å². The first-order valence-electron chi connectivity index (χ1n) is 11.1. The van der Waals surface area contributed by atoms with E-state index in [1.54, 1.807) is 20.8 Å². The molecule has 0 aromatic carbocycles. The molecule has 3 heterocycles.